The molecule has 0 radical (unpaired) electrons. The van der Waals surface area contributed by atoms with Crippen LogP contribution in [0.2, 0.25) is 5.02 Å². The van der Waals surface area contributed by atoms with Gasteiger partial charge in [0.2, 0.25) is 0 Å². The lowest BCUT2D eigenvalue weighted by Gasteiger charge is -2.37. The van der Waals surface area contributed by atoms with Crippen LogP contribution in [0.3, 0.4) is 0 Å². The third kappa shape index (κ3) is 6.00. The lowest BCUT2D eigenvalue weighted by molar-refractivity contribution is 0.0590. The molecule has 0 spiro atoms. The fourth-order valence-corrected chi connectivity index (χ4v) is 7.35. The van der Waals surface area contributed by atoms with Gasteiger partial charge >= 0.3 is 0 Å². The fourth-order valence-electron chi connectivity index (χ4n) is 5.88. The van der Waals surface area contributed by atoms with Crippen molar-refractivity contribution in [3.8, 4) is 16.9 Å². The van der Waals surface area contributed by atoms with Crippen molar-refractivity contribution in [1.29, 1.82) is 0 Å². The lowest BCUT2D eigenvalue weighted by atomic mass is 9.83. The second-order valence-electron chi connectivity index (χ2n) is 10.7. The number of benzene rings is 2. The zero-order valence-electron chi connectivity index (χ0n) is 23.3. The Bertz CT molecular complexity index is 1450. The summed E-state index contributed by atoms with van der Waals surface area (Å²) in [5, 5.41) is 1.51. The topological polar surface area (TPSA) is 42.4 Å². The quantitative estimate of drug-likeness (QED) is 0.216. The number of fused-ring (bicyclic) bond motifs is 1. The lowest BCUT2D eigenvalue weighted by Crippen LogP contribution is -2.41. The van der Waals surface area contributed by atoms with E-state index in [1.807, 2.05) is 51.1 Å². The maximum absolute atomic E-state index is 14.3. The van der Waals surface area contributed by atoms with E-state index >= 15 is 0 Å². The number of carbonyl (C=O) groups is 1. The second-order valence-corrected chi connectivity index (χ2v) is 12.1. The molecule has 1 aliphatic rings. The zero-order valence-corrected chi connectivity index (χ0v) is 24.9. The number of hydrogen-bond donors (Lipinski definition) is 0. The highest BCUT2D eigenvalue weighted by molar-refractivity contribution is 7.21. The Hall–Kier alpha value is -2.89. The molecule has 0 saturated heterocycles. The number of carbonyl (C=O) groups excluding carboxylic acids is 1. The molecule has 4 nitrogen and oxygen atoms in total. The van der Waals surface area contributed by atoms with Gasteiger partial charge in [0.15, 0.2) is 0 Å². The van der Waals surface area contributed by atoms with Gasteiger partial charge in [-0.05, 0) is 93.8 Å². The Kier molecular flexibility index (Phi) is 8.58. The average Bonchev–Trinajstić information content (AvgIpc) is 3.28. The van der Waals surface area contributed by atoms with E-state index in [0.717, 1.165) is 75.5 Å². The number of rotatable bonds is 8. The maximum atomic E-state index is 14.3. The summed E-state index contributed by atoms with van der Waals surface area (Å²) in [5.74, 6) is 1.59. The van der Waals surface area contributed by atoms with Crippen molar-refractivity contribution in [2.45, 2.75) is 72.4 Å². The monoisotopic (exact) mass is 560 g/mol. The van der Waals surface area contributed by atoms with Crippen LogP contribution >= 0.6 is 22.9 Å². The normalized spacial score (nSPS) is 17.4. The third-order valence-electron chi connectivity index (χ3n) is 7.94. The molecule has 2 aromatic heterocycles. The Balaban J connectivity index is 1.55. The van der Waals surface area contributed by atoms with Crippen LogP contribution < -0.4 is 4.74 Å². The van der Waals surface area contributed by atoms with Crippen LogP contribution in [0.5, 0.6) is 5.75 Å². The van der Waals surface area contributed by atoms with Crippen LogP contribution in [-0.2, 0) is 6.54 Å². The summed E-state index contributed by atoms with van der Waals surface area (Å²) in [6, 6.07) is 18.7. The van der Waals surface area contributed by atoms with Crippen LogP contribution in [0, 0.1) is 19.8 Å². The molecule has 6 heteroatoms. The molecule has 2 heterocycles. The molecule has 204 valence electrons. The largest absolute Gasteiger partial charge is 0.494 e. The highest BCUT2D eigenvalue weighted by Gasteiger charge is 2.32. The molecule has 1 fully saturated rings. The van der Waals surface area contributed by atoms with E-state index in [-0.39, 0.29) is 11.9 Å². The summed E-state index contributed by atoms with van der Waals surface area (Å²) in [4.78, 5) is 21.6. The predicted octanol–water partition coefficient (Wildman–Crippen LogP) is 9.24. The Morgan fingerprint density at radius 2 is 1.72 bits per heavy atom. The first-order valence-electron chi connectivity index (χ1n) is 14.1. The SMILES string of the molecule is CCOc1ccc(-c2cc(C)nc(C)c2)cc1CN(C(=O)c1sc2ccccc2c1Cl)[C@H]1CC[C@H](CC)CC1. The number of hydrogen-bond acceptors (Lipinski definition) is 4. The first kappa shape index (κ1) is 27.7. The Morgan fingerprint density at radius 1 is 1.00 bits per heavy atom. The number of aryl methyl sites for hydroxylation is 2. The molecule has 4 aromatic rings. The minimum absolute atomic E-state index is 0.0181. The fraction of sp³-hybridized carbons (Fsp3) is 0.394. The van der Waals surface area contributed by atoms with E-state index in [9.17, 15) is 4.79 Å². The number of amides is 1. The van der Waals surface area contributed by atoms with Crippen molar-refractivity contribution in [3.05, 3.63) is 81.4 Å². The molecule has 0 N–H and O–H groups in total. The molecule has 5 rings (SSSR count). The number of halogens is 1. The molecule has 0 bridgehead atoms. The smallest absolute Gasteiger partial charge is 0.266 e. The van der Waals surface area contributed by atoms with Gasteiger partial charge in [0.25, 0.3) is 5.91 Å². The molecule has 0 aliphatic heterocycles. The second kappa shape index (κ2) is 12.1. The highest BCUT2D eigenvalue weighted by Crippen LogP contribution is 2.39. The molecular weight excluding hydrogens is 524 g/mol. The average molecular weight is 561 g/mol. The zero-order chi connectivity index (χ0) is 27.5. The van der Waals surface area contributed by atoms with Crippen molar-refractivity contribution in [3.63, 3.8) is 0 Å². The third-order valence-corrected chi connectivity index (χ3v) is 9.60. The van der Waals surface area contributed by atoms with Gasteiger partial charge in [-0.1, -0.05) is 49.2 Å². The van der Waals surface area contributed by atoms with Crippen LogP contribution in [-0.4, -0.2) is 28.4 Å². The number of thiophene rings is 1. The molecule has 0 atom stereocenters. The Morgan fingerprint density at radius 3 is 2.38 bits per heavy atom. The number of ether oxygens (including phenoxy) is 1. The van der Waals surface area contributed by atoms with E-state index in [4.69, 9.17) is 16.3 Å². The van der Waals surface area contributed by atoms with Gasteiger partial charge < -0.3 is 9.64 Å². The maximum Gasteiger partial charge on any atom is 0.266 e. The van der Waals surface area contributed by atoms with Gasteiger partial charge in [0.1, 0.15) is 10.6 Å². The van der Waals surface area contributed by atoms with Crippen molar-refractivity contribution < 1.29 is 9.53 Å². The van der Waals surface area contributed by atoms with Crippen LogP contribution in [0.15, 0.2) is 54.6 Å². The number of pyridine rings is 1. The molecule has 0 unspecified atom stereocenters. The minimum Gasteiger partial charge on any atom is -0.494 e. The van der Waals surface area contributed by atoms with Crippen LogP contribution in [0.25, 0.3) is 21.2 Å². The van der Waals surface area contributed by atoms with Gasteiger partial charge in [-0.3, -0.25) is 9.78 Å². The number of nitrogens with zero attached hydrogens (tertiary/aromatic N) is 2. The summed E-state index contributed by atoms with van der Waals surface area (Å²) >= 11 is 8.33. The van der Waals surface area contributed by atoms with Gasteiger partial charge in [0, 0.05) is 39.6 Å². The van der Waals surface area contributed by atoms with Crippen molar-refractivity contribution >= 4 is 38.9 Å². The predicted molar refractivity (Wildman–Crippen MR) is 163 cm³/mol. The van der Waals surface area contributed by atoms with Gasteiger partial charge in [0.05, 0.1) is 11.6 Å². The number of aromatic nitrogens is 1. The molecular formula is C33H37ClN2O2S. The van der Waals surface area contributed by atoms with Crippen LogP contribution in [0.1, 0.15) is 72.6 Å². The van der Waals surface area contributed by atoms with Crippen molar-refractivity contribution in [2.75, 3.05) is 6.61 Å². The van der Waals surface area contributed by atoms with E-state index in [1.54, 1.807) is 0 Å². The van der Waals surface area contributed by atoms with Crippen LogP contribution in [0.4, 0.5) is 0 Å². The van der Waals surface area contributed by atoms with Gasteiger partial charge in [-0.15, -0.1) is 11.3 Å². The summed E-state index contributed by atoms with van der Waals surface area (Å²) in [6.07, 6.45) is 5.53. The van der Waals surface area contributed by atoms with Crippen molar-refractivity contribution in [2.24, 2.45) is 5.92 Å². The van der Waals surface area contributed by atoms with Gasteiger partial charge in [-0.2, -0.15) is 0 Å². The molecule has 1 aliphatic carbocycles. The molecule has 2 aromatic carbocycles. The highest BCUT2D eigenvalue weighted by atomic mass is 35.5. The summed E-state index contributed by atoms with van der Waals surface area (Å²) < 4.78 is 7.12. The van der Waals surface area contributed by atoms with Gasteiger partial charge in [-0.25, -0.2) is 0 Å². The summed E-state index contributed by atoms with van der Waals surface area (Å²) in [6.45, 7) is 9.36. The Labute approximate surface area is 241 Å². The first-order chi connectivity index (χ1) is 18.9. The van der Waals surface area contributed by atoms with E-state index in [0.29, 0.717) is 23.1 Å². The van der Waals surface area contributed by atoms with E-state index in [1.165, 1.54) is 17.8 Å². The molecule has 39 heavy (non-hydrogen) atoms. The van der Waals surface area contributed by atoms with E-state index in [2.05, 4.69) is 41.1 Å². The molecule has 1 saturated carbocycles. The minimum atomic E-state index is 0.0181. The summed E-state index contributed by atoms with van der Waals surface area (Å²) in [7, 11) is 0. The van der Waals surface area contributed by atoms with Crippen molar-refractivity contribution in [1.82, 2.24) is 9.88 Å². The van der Waals surface area contributed by atoms with E-state index < -0.39 is 0 Å². The first-order valence-corrected chi connectivity index (χ1v) is 15.3. The molecule has 1 amide bonds. The standard InChI is InChI=1S/C33H37ClN2O2S/c1-5-23-11-14-27(15-12-23)36(33(37)32-31(34)28-9-7-8-10-30(28)39-32)20-26-19-24(13-16-29(26)38-6-2)25-17-21(3)35-22(4)18-25/h7-10,13,16-19,23,27H,5-6,11-12,14-15,20H2,1-4H3/t23-,27-. The summed E-state index contributed by atoms with van der Waals surface area (Å²) in [5.41, 5.74) is 5.22.